The van der Waals surface area contributed by atoms with Gasteiger partial charge in [-0.1, -0.05) is 126 Å². The Kier molecular flexibility index (Phi) is 24.9. The minimum atomic E-state index is -1.87. The number of carbonyl (C=O) groups excluding carboxylic acids is 1. The Labute approximate surface area is 428 Å². The number of nitrogens with zero attached hydrogens (tertiary/aromatic N) is 3. The number of nitriles is 1. The lowest BCUT2D eigenvalue weighted by molar-refractivity contribution is -0.121. The number of carbonyl (C=O) groups is 1. The molecule has 1 aromatic heterocycles. The third-order valence-corrected chi connectivity index (χ3v) is 15.0. The van der Waals surface area contributed by atoms with Gasteiger partial charge in [-0.05, 0) is 81.5 Å². The van der Waals surface area contributed by atoms with Crippen molar-refractivity contribution in [3.63, 3.8) is 0 Å². The maximum atomic E-state index is 13.7. The molecule has 4 aromatic rings. The number of aromatic nitrogens is 2. The number of nitrogens with one attached hydrogen (secondary N) is 2. The van der Waals surface area contributed by atoms with Crippen LogP contribution in [-0.2, 0) is 33.7 Å². The molecule has 72 heavy (non-hydrogen) atoms. The summed E-state index contributed by atoms with van der Waals surface area (Å²) in [7, 11) is 1.37. The van der Waals surface area contributed by atoms with Crippen molar-refractivity contribution < 1.29 is 37.5 Å². The van der Waals surface area contributed by atoms with E-state index in [1.54, 1.807) is 14.2 Å². The van der Waals surface area contributed by atoms with Crippen LogP contribution >= 0.6 is 8.53 Å². The number of unbranched alkanes of at least 4 members (excludes halogenated alkanes) is 10. The molecule has 0 saturated carbocycles. The van der Waals surface area contributed by atoms with Gasteiger partial charge in [-0.3, -0.25) is 19.1 Å². The zero-order valence-electron chi connectivity index (χ0n) is 43.7. The van der Waals surface area contributed by atoms with E-state index < -0.39 is 49.9 Å². The molecule has 0 radical (unpaired) electrons. The van der Waals surface area contributed by atoms with Gasteiger partial charge in [0.05, 0.1) is 39.9 Å². The summed E-state index contributed by atoms with van der Waals surface area (Å²) in [5.74, 6) is 1.35. The molecule has 16 heteroatoms. The fraction of sp³-hybridized carbons (Fsp3) is 0.571. The molecule has 1 fully saturated rings. The van der Waals surface area contributed by atoms with Gasteiger partial charge >= 0.3 is 5.69 Å². The number of ether oxygens (including phenoxy) is 5. The van der Waals surface area contributed by atoms with E-state index in [0.29, 0.717) is 30.9 Å². The fourth-order valence-electron chi connectivity index (χ4n) is 9.24. The van der Waals surface area contributed by atoms with E-state index in [4.69, 9.17) is 32.7 Å². The van der Waals surface area contributed by atoms with E-state index in [0.717, 1.165) is 36.0 Å². The molecule has 0 aliphatic carbocycles. The minimum absolute atomic E-state index is 0.00413. The Morgan fingerprint density at radius 1 is 0.778 bits per heavy atom. The van der Waals surface area contributed by atoms with Gasteiger partial charge in [-0.15, -0.1) is 0 Å². The Hall–Kier alpha value is -4.91. The number of hydrogen-bond donors (Lipinski definition) is 2. The predicted octanol–water partition coefficient (Wildman–Crippen LogP) is 10.7. The molecule has 15 nitrogen and oxygen atoms in total. The van der Waals surface area contributed by atoms with Crippen LogP contribution in [0.15, 0.2) is 101 Å². The predicted molar refractivity (Wildman–Crippen MR) is 282 cm³/mol. The average molecular weight is 1010 g/mol. The first-order valence-electron chi connectivity index (χ1n) is 26.1. The molecule has 1 aliphatic heterocycles. The quantitative estimate of drug-likeness (QED) is 0.0258. The van der Waals surface area contributed by atoms with Crippen LogP contribution in [0.1, 0.15) is 147 Å². The van der Waals surface area contributed by atoms with Gasteiger partial charge < -0.3 is 38.0 Å². The van der Waals surface area contributed by atoms with Crippen LogP contribution in [0.25, 0.3) is 0 Å². The smallest absolute Gasteiger partial charge is 0.330 e. The van der Waals surface area contributed by atoms with Crippen LogP contribution < -0.4 is 26.0 Å². The molecule has 1 aliphatic rings. The molecule has 1 saturated heterocycles. The summed E-state index contributed by atoms with van der Waals surface area (Å²) < 4.78 is 49.3. The summed E-state index contributed by atoms with van der Waals surface area (Å²) >= 11 is 0. The maximum Gasteiger partial charge on any atom is 0.330 e. The summed E-state index contributed by atoms with van der Waals surface area (Å²) in [6.07, 6.45) is 11.9. The monoisotopic (exact) mass is 1010 g/mol. The van der Waals surface area contributed by atoms with E-state index >= 15 is 0 Å². The number of benzene rings is 3. The zero-order chi connectivity index (χ0) is 51.7. The summed E-state index contributed by atoms with van der Waals surface area (Å²) in [6.45, 7) is 11.0. The van der Waals surface area contributed by atoms with Crippen molar-refractivity contribution in [1.82, 2.24) is 19.5 Å². The lowest BCUT2D eigenvalue weighted by Crippen LogP contribution is -2.43. The summed E-state index contributed by atoms with van der Waals surface area (Å²) in [5, 5.41) is 12.6. The third-order valence-electron chi connectivity index (χ3n) is 12.9. The summed E-state index contributed by atoms with van der Waals surface area (Å²) in [4.78, 5) is 41.4. The van der Waals surface area contributed by atoms with Crippen molar-refractivity contribution in [2.75, 3.05) is 40.6 Å². The van der Waals surface area contributed by atoms with E-state index in [9.17, 15) is 19.6 Å². The molecular weight excluding hydrogens is 934 g/mol. The van der Waals surface area contributed by atoms with E-state index in [-0.39, 0.29) is 44.2 Å². The topological polar surface area (TPSA) is 176 Å². The van der Waals surface area contributed by atoms with Crippen LogP contribution in [0.2, 0.25) is 0 Å². The number of amides is 1. The first-order chi connectivity index (χ1) is 35.0. The van der Waals surface area contributed by atoms with E-state index in [2.05, 4.69) is 55.7 Å². The molecule has 0 bridgehead atoms. The average Bonchev–Trinajstić information content (AvgIpc) is 3.71. The van der Waals surface area contributed by atoms with Crippen molar-refractivity contribution in [2.45, 2.75) is 167 Å². The van der Waals surface area contributed by atoms with Crippen LogP contribution in [0.5, 0.6) is 11.5 Å². The Bertz CT molecular complexity index is 2270. The molecular formula is C56H80N5O10P. The second-order valence-electron chi connectivity index (χ2n) is 18.8. The lowest BCUT2D eigenvalue weighted by atomic mass is 9.80. The van der Waals surface area contributed by atoms with Crippen LogP contribution in [-0.4, -0.2) is 91.1 Å². The van der Waals surface area contributed by atoms with Gasteiger partial charge in [-0.2, -0.15) is 5.26 Å². The van der Waals surface area contributed by atoms with Crippen molar-refractivity contribution in [3.05, 3.63) is 129 Å². The highest BCUT2D eigenvalue weighted by atomic mass is 31.2. The number of rotatable bonds is 34. The van der Waals surface area contributed by atoms with Crippen molar-refractivity contribution in [3.8, 4) is 17.6 Å². The highest BCUT2D eigenvalue weighted by Gasteiger charge is 2.51. The standard InChI is InChI=1S/C56H80N5O10P/c1-8-9-10-11-12-13-14-15-16-17-21-26-50(62)58-37-23-39-67-53-52(71-72(69-40-22-36-57)61(42(2)3)43(4)5)49(70-54(53)60-38-35-51(63)59-55(60)64)41-68-56(44-24-19-18-20-25-44,45-27-31-47(65-6)32-28-45)46-29-33-48(66-7)34-30-46/h18-20,24-25,27-35,38,42-43,49,52-54H,8-17,21-23,26,37,39-41H2,1-7H3,(H,58,62)(H,59,63,64)/t49-,52-,53-,54-,72?/m1/s1. The molecule has 1 unspecified atom stereocenters. The first kappa shape index (κ1) is 58.0. The van der Waals surface area contributed by atoms with Crippen molar-refractivity contribution in [2.24, 2.45) is 0 Å². The highest BCUT2D eigenvalue weighted by molar-refractivity contribution is 7.44. The van der Waals surface area contributed by atoms with Crippen molar-refractivity contribution >= 4 is 14.4 Å². The van der Waals surface area contributed by atoms with Gasteiger partial charge in [0, 0.05) is 43.9 Å². The number of aromatic amines is 1. The third kappa shape index (κ3) is 16.8. The van der Waals surface area contributed by atoms with E-state index in [1.807, 2.05) is 78.9 Å². The second kappa shape index (κ2) is 31.0. The Morgan fingerprint density at radius 2 is 1.35 bits per heavy atom. The zero-order valence-corrected chi connectivity index (χ0v) is 44.6. The van der Waals surface area contributed by atoms with Crippen LogP contribution in [0.4, 0.5) is 0 Å². The lowest BCUT2D eigenvalue weighted by Gasteiger charge is -2.39. The van der Waals surface area contributed by atoms with Crippen LogP contribution in [0, 0.1) is 11.3 Å². The fourth-order valence-corrected chi connectivity index (χ4v) is 11.0. The van der Waals surface area contributed by atoms with Gasteiger partial charge in [0.15, 0.2) is 6.23 Å². The summed E-state index contributed by atoms with van der Waals surface area (Å²) in [5.41, 5.74) is -0.0583. The molecule has 0 spiro atoms. The number of hydrogen-bond acceptors (Lipinski definition) is 12. The van der Waals surface area contributed by atoms with Gasteiger partial charge in [0.2, 0.25) is 5.91 Å². The summed E-state index contributed by atoms with van der Waals surface area (Å²) in [6, 6.07) is 28.7. The first-order valence-corrected chi connectivity index (χ1v) is 27.2. The van der Waals surface area contributed by atoms with Crippen molar-refractivity contribution in [1.29, 1.82) is 5.26 Å². The Balaban J connectivity index is 1.45. The molecule has 5 rings (SSSR count). The van der Waals surface area contributed by atoms with Gasteiger partial charge in [0.25, 0.3) is 14.1 Å². The highest BCUT2D eigenvalue weighted by Crippen LogP contribution is 2.51. The Morgan fingerprint density at radius 3 is 1.89 bits per heavy atom. The molecule has 394 valence electrons. The number of methoxy groups -OCH3 is 2. The maximum absolute atomic E-state index is 13.7. The van der Waals surface area contributed by atoms with E-state index in [1.165, 1.54) is 68.2 Å². The molecule has 2 heterocycles. The molecule has 1 amide bonds. The minimum Gasteiger partial charge on any atom is -0.497 e. The normalized spacial score (nSPS) is 17.3. The van der Waals surface area contributed by atoms with Gasteiger partial charge in [0.1, 0.15) is 35.4 Å². The van der Waals surface area contributed by atoms with Gasteiger partial charge in [-0.25, -0.2) is 9.46 Å². The molecule has 2 N–H and O–H groups in total. The number of H-pyrrole nitrogens is 1. The second-order valence-corrected chi connectivity index (χ2v) is 20.2. The molecule has 3 aromatic carbocycles. The largest absolute Gasteiger partial charge is 0.497 e. The SMILES string of the molecule is CCCCCCCCCCCCCC(=O)NCCCO[C@@H]1[C@H](OP(OCCC#N)N(C(C)C)C(C)C)[C@@H](COC(c2ccccc2)(c2ccc(OC)cc2)c2ccc(OC)cc2)O[C@H]1n1ccc(=O)[nH]c1=O. The van der Waals surface area contributed by atoms with Crippen LogP contribution in [0.3, 0.4) is 0 Å². The molecule has 5 atom stereocenters.